The third-order valence-electron chi connectivity index (χ3n) is 5.43. The molecule has 0 aliphatic carbocycles. The Hall–Kier alpha value is -3.18. The zero-order valence-electron chi connectivity index (χ0n) is 22.3. The second-order valence-electron chi connectivity index (χ2n) is 9.88. The Morgan fingerprint density at radius 3 is 2.13 bits per heavy atom. The summed E-state index contributed by atoms with van der Waals surface area (Å²) in [6, 6.07) is 7.10. The van der Waals surface area contributed by atoms with Gasteiger partial charge in [0.2, 0.25) is 23.6 Å². The van der Waals surface area contributed by atoms with Crippen LogP contribution in [-0.4, -0.2) is 27.7 Å². The van der Waals surface area contributed by atoms with Gasteiger partial charge in [0, 0.05) is 25.2 Å². The van der Waals surface area contributed by atoms with Crippen LogP contribution in [0.1, 0.15) is 77.9 Å². The molecule has 9 nitrogen and oxygen atoms in total. The van der Waals surface area contributed by atoms with Crippen LogP contribution in [0.5, 0.6) is 0 Å². The molecule has 0 bridgehead atoms. The number of carbonyl (C=O) groups is 3. The Morgan fingerprint density at radius 2 is 1.53 bits per heavy atom. The number of aromatic nitrogens is 2. The predicted molar refractivity (Wildman–Crippen MR) is 153 cm³/mol. The lowest BCUT2D eigenvalue weighted by Gasteiger charge is -2.12. The van der Waals surface area contributed by atoms with E-state index < -0.39 is 0 Å². The van der Waals surface area contributed by atoms with Gasteiger partial charge in [-0.05, 0) is 25.0 Å². The van der Waals surface area contributed by atoms with Crippen molar-refractivity contribution >= 4 is 57.3 Å². The van der Waals surface area contributed by atoms with Crippen molar-refractivity contribution in [1.82, 2.24) is 9.97 Å². The van der Waals surface area contributed by atoms with E-state index in [1.807, 2.05) is 0 Å². The molecule has 0 saturated heterocycles. The van der Waals surface area contributed by atoms with Gasteiger partial charge in [0.1, 0.15) is 5.76 Å². The summed E-state index contributed by atoms with van der Waals surface area (Å²) < 4.78 is 6.80. The first kappa shape index (κ1) is 29.4. The van der Waals surface area contributed by atoms with Crippen LogP contribution < -0.4 is 16.0 Å². The van der Waals surface area contributed by atoms with Crippen molar-refractivity contribution < 1.29 is 18.8 Å². The lowest BCUT2D eigenvalue weighted by atomic mass is 9.94. The highest BCUT2D eigenvalue weighted by Crippen LogP contribution is 2.32. The minimum absolute atomic E-state index is 0.0641. The van der Waals surface area contributed by atoms with Gasteiger partial charge < -0.3 is 20.4 Å². The smallest absolute Gasteiger partial charge is 0.226 e. The van der Waals surface area contributed by atoms with E-state index in [0.717, 1.165) is 35.7 Å². The van der Waals surface area contributed by atoms with Crippen LogP contribution in [0, 0.1) is 0 Å². The van der Waals surface area contributed by atoms with E-state index in [9.17, 15) is 14.4 Å². The number of hydrogen-bond donors (Lipinski definition) is 3. The normalized spacial score (nSPS) is 11.3. The molecule has 3 N–H and O–H groups in total. The molecule has 1 aromatic carbocycles. The number of unbranched alkanes of at least 4 members (excludes halogenated alkanes) is 3. The Morgan fingerprint density at radius 1 is 0.895 bits per heavy atom. The summed E-state index contributed by atoms with van der Waals surface area (Å²) in [7, 11) is 0. The van der Waals surface area contributed by atoms with Crippen LogP contribution in [-0.2, 0) is 25.6 Å². The lowest BCUT2D eigenvalue weighted by molar-refractivity contribution is -0.117. The number of oxazole rings is 1. The lowest BCUT2D eigenvalue weighted by Crippen LogP contribution is -2.14. The monoisotopic (exact) mass is 557 g/mol. The van der Waals surface area contributed by atoms with E-state index in [-0.39, 0.29) is 23.1 Å². The van der Waals surface area contributed by atoms with Crippen LogP contribution >= 0.6 is 23.1 Å². The average molecular weight is 558 g/mol. The van der Waals surface area contributed by atoms with E-state index >= 15 is 0 Å². The van der Waals surface area contributed by atoms with Crippen molar-refractivity contribution in [1.29, 1.82) is 0 Å². The van der Waals surface area contributed by atoms with E-state index in [1.165, 1.54) is 18.3 Å². The van der Waals surface area contributed by atoms with Gasteiger partial charge >= 0.3 is 0 Å². The average Bonchev–Trinajstić information content (AvgIpc) is 3.50. The number of anilines is 3. The van der Waals surface area contributed by atoms with E-state index in [0.29, 0.717) is 41.0 Å². The molecular weight excluding hydrogens is 522 g/mol. The molecule has 3 aromatic rings. The van der Waals surface area contributed by atoms with Gasteiger partial charge in [0.05, 0.1) is 33.7 Å². The maximum Gasteiger partial charge on any atom is 0.226 e. The van der Waals surface area contributed by atoms with E-state index in [2.05, 4.69) is 46.7 Å². The molecule has 0 radical (unpaired) electrons. The third-order valence-corrected chi connectivity index (χ3v) is 7.52. The molecule has 2 aromatic heterocycles. The minimum atomic E-state index is -0.192. The minimum Gasteiger partial charge on any atom is -0.444 e. The molecule has 11 heteroatoms. The SMILES string of the molecule is CC(=O)Nc1ccccc1NC(=O)CCCCCCC(=O)Nc1ncc(SCc2ncc(C(C)(C)C)o2)s1. The van der Waals surface area contributed by atoms with Crippen LogP contribution in [0.2, 0.25) is 0 Å². The van der Waals surface area contributed by atoms with Gasteiger partial charge in [-0.3, -0.25) is 14.4 Å². The molecule has 0 unspecified atom stereocenters. The molecule has 3 rings (SSSR count). The number of carbonyl (C=O) groups excluding carboxylic acids is 3. The van der Waals surface area contributed by atoms with Gasteiger partial charge in [-0.15, -0.1) is 11.8 Å². The van der Waals surface area contributed by atoms with Gasteiger partial charge in [-0.2, -0.15) is 0 Å². The quantitative estimate of drug-likeness (QED) is 0.160. The van der Waals surface area contributed by atoms with Gasteiger partial charge in [-0.25, -0.2) is 9.97 Å². The largest absolute Gasteiger partial charge is 0.444 e. The fraction of sp³-hybridized carbons (Fsp3) is 0.444. The topological polar surface area (TPSA) is 126 Å². The van der Waals surface area contributed by atoms with Crippen molar-refractivity contribution in [2.75, 3.05) is 16.0 Å². The van der Waals surface area contributed by atoms with Gasteiger partial charge in [-0.1, -0.05) is 57.1 Å². The second-order valence-corrected chi connectivity index (χ2v) is 12.2. The maximum absolute atomic E-state index is 12.3. The summed E-state index contributed by atoms with van der Waals surface area (Å²) in [5.74, 6) is 1.78. The number of thioether (sulfide) groups is 1. The zero-order chi connectivity index (χ0) is 27.5. The number of amides is 3. The standard InChI is InChI=1S/C27H35N5O4S2/c1-18(33)30-19-11-9-10-12-20(19)31-22(34)13-7-5-6-8-14-23(35)32-26-29-16-25(38-26)37-17-24-28-15-21(36-24)27(2,3)4/h9-12,15-16H,5-8,13-14,17H2,1-4H3,(H,30,33)(H,31,34)(H,29,32,35). The Bertz CT molecular complexity index is 1230. The molecule has 0 atom stereocenters. The Labute approximate surface area is 231 Å². The maximum atomic E-state index is 12.3. The van der Waals surface area contributed by atoms with Crippen LogP contribution in [0.4, 0.5) is 16.5 Å². The molecule has 0 aliphatic rings. The highest BCUT2D eigenvalue weighted by atomic mass is 32.2. The first-order valence-electron chi connectivity index (χ1n) is 12.6. The molecule has 2 heterocycles. The molecule has 0 spiro atoms. The summed E-state index contributed by atoms with van der Waals surface area (Å²) in [5.41, 5.74) is 1.09. The molecular formula is C27H35N5O4S2. The van der Waals surface area contributed by atoms with Crippen molar-refractivity contribution in [3.8, 4) is 0 Å². The number of hydrogen-bond acceptors (Lipinski definition) is 8. The summed E-state index contributed by atoms with van der Waals surface area (Å²) in [5, 5.41) is 8.99. The molecule has 38 heavy (non-hydrogen) atoms. The zero-order valence-corrected chi connectivity index (χ0v) is 23.9. The van der Waals surface area contributed by atoms with Gasteiger partial charge in [0.25, 0.3) is 0 Å². The number of nitrogens with one attached hydrogen (secondary N) is 3. The van der Waals surface area contributed by atoms with Gasteiger partial charge in [0.15, 0.2) is 5.13 Å². The third kappa shape index (κ3) is 9.94. The molecule has 204 valence electrons. The van der Waals surface area contributed by atoms with E-state index in [4.69, 9.17) is 4.42 Å². The van der Waals surface area contributed by atoms with Crippen molar-refractivity contribution in [2.24, 2.45) is 0 Å². The highest BCUT2D eigenvalue weighted by Gasteiger charge is 2.19. The first-order valence-corrected chi connectivity index (χ1v) is 14.4. The van der Waals surface area contributed by atoms with Crippen molar-refractivity contribution in [2.45, 2.75) is 81.6 Å². The van der Waals surface area contributed by atoms with Crippen LogP contribution in [0.25, 0.3) is 0 Å². The molecule has 0 saturated carbocycles. The van der Waals surface area contributed by atoms with Crippen LogP contribution in [0.3, 0.4) is 0 Å². The Balaban J connectivity index is 1.28. The summed E-state index contributed by atoms with van der Waals surface area (Å²) in [6.45, 7) is 7.68. The number of rotatable bonds is 13. The summed E-state index contributed by atoms with van der Waals surface area (Å²) in [6.07, 6.45) is 7.49. The van der Waals surface area contributed by atoms with E-state index in [1.54, 1.807) is 48.4 Å². The van der Waals surface area contributed by atoms with Crippen LogP contribution in [0.15, 0.2) is 45.3 Å². The predicted octanol–water partition coefficient (Wildman–Crippen LogP) is 6.60. The Kier molecular flexibility index (Phi) is 10.9. The number of para-hydroxylation sites is 2. The second kappa shape index (κ2) is 14.1. The fourth-order valence-corrected chi connectivity index (χ4v) is 5.19. The number of thiazole rings is 1. The summed E-state index contributed by atoms with van der Waals surface area (Å²) >= 11 is 3.01. The summed E-state index contributed by atoms with van der Waals surface area (Å²) in [4.78, 5) is 44.5. The highest BCUT2D eigenvalue weighted by molar-refractivity contribution is 8.00. The molecule has 0 fully saturated rings. The molecule has 0 aliphatic heterocycles. The van der Waals surface area contributed by atoms with Crippen molar-refractivity contribution in [3.05, 3.63) is 48.3 Å². The number of benzene rings is 1. The molecule has 3 amide bonds. The fourth-order valence-electron chi connectivity index (χ4n) is 3.45. The first-order chi connectivity index (χ1) is 18.1. The van der Waals surface area contributed by atoms with Crippen molar-refractivity contribution in [3.63, 3.8) is 0 Å². The number of nitrogens with zero attached hydrogens (tertiary/aromatic N) is 2.